The third-order valence-electron chi connectivity index (χ3n) is 3.61. The first kappa shape index (κ1) is 16.9. The Morgan fingerprint density at radius 1 is 1.32 bits per heavy atom. The van der Waals surface area contributed by atoms with Crippen molar-refractivity contribution in [3.63, 3.8) is 0 Å². The molecule has 1 fully saturated rings. The lowest BCUT2D eigenvalue weighted by Gasteiger charge is -2.14. The van der Waals surface area contributed by atoms with Crippen LogP contribution in [-0.2, 0) is 0 Å². The molecule has 5 nitrogen and oxygen atoms in total. The molecule has 1 atom stereocenters. The van der Waals surface area contributed by atoms with Crippen molar-refractivity contribution in [2.75, 3.05) is 37.8 Å². The number of rotatable bonds is 8. The van der Waals surface area contributed by atoms with Crippen molar-refractivity contribution in [1.29, 1.82) is 0 Å². The molecule has 0 saturated carbocycles. The highest BCUT2D eigenvalue weighted by atomic mass is 32.2. The maximum absolute atomic E-state index is 4.27. The Balaban J connectivity index is 1.49. The number of anilines is 1. The maximum atomic E-state index is 4.27. The molecule has 1 aliphatic rings. The molecule has 0 bridgehead atoms. The average molecular weight is 321 g/mol. The number of guanidine groups is 1. The number of unbranched alkanes of at least 4 members (excludes halogenated alkanes) is 1. The third-order valence-corrected chi connectivity index (χ3v) is 5.01. The fraction of sp³-hybridized carbons (Fsp3) is 0.625. The molecule has 2 heterocycles. The van der Waals surface area contributed by atoms with Crippen LogP contribution in [0.4, 0.5) is 5.82 Å². The molecule has 1 unspecified atom stereocenters. The van der Waals surface area contributed by atoms with Crippen molar-refractivity contribution in [3.8, 4) is 0 Å². The molecule has 2 rings (SSSR count). The van der Waals surface area contributed by atoms with Crippen molar-refractivity contribution in [3.05, 3.63) is 24.4 Å². The van der Waals surface area contributed by atoms with E-state index >= 15 is 0 Å². The van der Waals surface area contributed by atoms with Crippen molar-refractivity contribution in [2.24, 2.45) is 4.99 Å². The Morgan fingerprint density at radius 3 is 2.95 bits per heavy atom. The second kappa shape index (κ2) is 10.3. The summed E-state index contributed by atoms with van der Waals surface area (Å²) in [6.07, 6.45) is 6.71. The Morgan fingerprint density at radius 2 is 2.23 bits per heavy atom. The summed E-state index contributed by atoms with van der Waals surface area (Å²) >= 11 is 2.07. The summed E-state index contributed by atoms with van der Waals surface area (Å²) < 4.78 is 0. The van der Waals surface area contributed by atoms with E-state index in [0.717, 1.165) is 49.5 Å². The summed E-state index contributed by atoms with van der Waals surface area (Å²) in [5, 5.41) is 10.9. The van der Waals surface area contributed by atoms with E-state index in [-0.39, 0.29) is 0 Å². The van der Waals surface area contributed by atoms with Gasteiger partial charge in [0.05, 0.1) is 0 Å². The number of hydrogen-bond donors (Lipinski definition) is 3. The van der Waals surface area contributed by atoms with Crippen molar-refractivity contribution < 1.29 is 0 Å². The van der Waals surface area contributed by atoms with E-state index in [1.165, 1.54) is 18.6 Å². The van der Waals surface area contributed by atoms with Crippen LogP contribution in [0, 0.1) is 0 Å². The number of aliphatic imine (C=N–C) groups is 1. The molecular weight excluding hydrogens is 294 g/mol. The van der Waals surface area contributed by atoms with Crippen LogP contribution in [0.3, 0.4) is 0 Å². The monoisotopic (exact) mass is 321 g/mol. The molecule has 3 N–H and O–H groups in total. The minimum Gasteiger partial charge on any atom is -0.370 e. The number of nitrogens with zero attached hydrogens (tertiary/aromatic N) is 2. The first-order chi connectivity index (χ1) is 10.9. The van der Waals surface area contributed by atoms with Crippen LogP contribution in [0.25, 0.3) is 0 Å². The SMILES string of the molecule is CN=C(NCCCCNc1ccccn1)NCC1CCCS1. The van der Waals surface area contributed by atoms with Crippen LogP contribution in [-0.4, -0.2) is 48.6 Å². The molecule has 1 aromatic rings. The molecule has 1 aliphatic heterocycles. The average Bonchev–Trinajstić information content (AvgIpc) is 3.08. The summed E-state index contributed by atoms with van der Waals surface area (Å²) in [5.41, 5.74) is 0. The number of pyridine rings is 1. The molecule has 0 aromatic carbocycles. The first-order valence-electron chi connectivity index (χ1n) is 8.09. The van der Waals surface area contributed by atoms with Gasteiger partial charge in [0.25, 0.3) is 0 Å². The lowest BCUT2D eigenvalue weighted by atomic mass is 10.2. The van der Waals surface area contributed by atoms with E-state index in [1.54, 1.807) is 0 Å². The standard InChI is InChI=1S/C16H27N5S/c1-17-16(21-13-14-7-6-12-22-14)20-11-5-4-10-19-15-8-2-3-9-18-15/h2-3,8-9,14H,4-7,10-13H2,1H3,(H,18,19)(H2,17,20,21). The van der Waals surface area contributed by atoms with Gasteiger partial charge in [-0.15, -0.1) is 0 Å². The molecule has 0 spiro atoms. The normalized spacial score (nSPS) is 18.2. The molecule has 122 valence electrons. The number of nitrogens with one attached hydrogen (secondary N) is 3. The lowest BCUT2D eigenvalue weighted by Crippen LogP contribution is -2.40. The topological polar surface area (TPSA) is 61.3 Å². The van der Waals surface area contributed by atoms with Crippen molar-refractivity contribution in [2.45, 2.75) is 30.9 Å². The lowest BCUT2D eigenvalue weighted by molar-refractivity contribution is 0.695. The predicted molar refractivity (Wildman–Crippen MR) is 96.8 cm³/mol. The zero-order valence-corrected chi connectivity index (χ0v) is 14.2. The van der Waals surface area contributed by atoms with Gasteiger partial charge >= 0.3 is 0 Å². The maximum Gasteiger partial charge on any atom is 0.191 e. The number of hydrogen-bond acceptors (Lipinski definition) is 4. The van der Waals surface area contributed by atoms with E-state index in [1.807, 2.05) is 31.4 Å². The zero-order chi connectivity index (χ0) is 15.5. The van der Waals surface area contributed by atoms with Crippen molar-refractivity contribution >= 4 is 23.5 Å². The van der Waals surface area contributed by atoms with Gasteiger partial charge in [-0.25, -0.2) is 4.98 Å². The van der Waals surface area contributed by atoms with E-state index < -0.39 is 0 Å². The highest BCUT2D eigenvalue weighted by Crippen LogP contribution is 2.25. The summed E-state index contributed by atoms with van der Waals surface area (Å²) in [4.78, 5) is 8.52. The highest BCUT2D eigenvalue weighted by molar-refractivity contribution is 8.00. The summed E-state index contributed by atoms with van der Waals surface area (Å²) in [6, 6.07) is 5.91. The molecule has 22 heavy (non-hydrogen) atoms. The summed E-state index contributed by atoms with van der Waals surface area (Å²) in [5.74, 6) is 3.17. The van der Waals surface area contributed by atoms with Gasteiger partial charge in [-0.1, -0.05) is 6.07 Å². The van der Waals surface area contributed by atoms with Crippen LogP contribution in [0.15, 0.2) is 29.4 Å². The molecule has 6 heteroatoms. The number of aromatic nitrogens is 1. The summed E-state index contributed by atoms with van der Waals surface area (Å²) in [7, 11) is 1.83. The van der Waals surface area contributed by atoms with Gasteiger partial charge in [-0.05, 0) is 43.6 Å². The van der Waals surface area contributed by atoms with Gasteiger partial charge in [0.1, 0.15) is 5.82 Å². The quantitative estimate of drug-likeness (QED) is 0.390. The molecule has 1 aromatic heterocycles. The van der Waals surface area contributed by atoms with E-state index in [2.05, 4.69) is 37.7 Å². The van der Waals surface area contributed by atoms with Gasteiger partial charge in [0.2, 0.25) is 0 Å². The fourth-order valence-electron chi connectivity index (χ4n) is 2.38. The predicted octanol–water partition coefficient (Wildman–Crippen LogP) is 2.33. The van der Waals surface area contributed by atoms with Crippen LogP contribution in [0.1, 0.15) is 25.7 Å². The first-order valence-corrected chi connectivity index (χ1v) is 9.14. The third kappa shape index (κ3) is 6.56. The Kier molecular flexibility index (Phi) is 7.94. The summed E-state index contributed by atoms with van der Waals surface area (Å²) in [6.45, 7) is 2.91. The van der Waals surface area contributed by atoms with E-state index in [0.29, 0.717) is 0 Å². The Labute approximate surface area is 137 Å². The van der Waals surface area contributed by atoms with Crippen LogP contribution in [0.5, 0.6) is 0 Å². The largest absolute Gasteiger partial charge is 0.370 e. The smallest absolute Gasteiger partial charge is 0.191 e. The van der Waals surface area contributed by atoms with Gasteiger partial charge < -0.3 is 16.0 Å². The van der Waals surface area contributed by atoms with Gasteiger partial charge in [-0.2, -0.15) is 11.8 Å². The van der Waals surface area contributed by atoms with Crippen LogP contribution in [0.2, 0.25) is 0 Å². The van der Waals surface area contributed by atoms with Gasteiger partial charge in [0.15, 0.2) is 5.96 Å². The second-order valence-corrected chi connectivity index (χ2v) is 6.77. The van der Waals surface area contributed by atoms with Crippen molar-refractivity contribution in [1.82, 2.24) is 15.6 Å². The van der Waals surface area contributed by atoms with Crippen LogP contribution >= 0.6 is 11.8 Å². The molecule has 0 amide bonds. The minimum absolute atomic E-state index is 0.751. The molecular formula is C16H27N5S. The zero-order valence-electron chi connectivity index (χ0n) is 13.3. The fourth-order valence-corrected chi connectivity index (χ4v) is 3.58. The number of thioether (sulfide) groups is 1. The van der Waals surface area contributed by atoms with Crippen LogP contribution < -0.4 is 16.0 Å². The highest BCUT2D eigenvalue weighted by Gasteiger charge is 2.15. The Bertz CT molecular complexity index is 431. The minimum atomic E-state index is 0.751. The Hall–Kier alpha value is -1.43. The van der Waals surface area contributed by atoms with Gasteiger partial charge in [0, 0.05) is 38.1 Å². The van der Waals surface area contributed by atoms with E-state index in [9.17, 15) is 0 Å². The van der Waals surface area contributed by atoms with E-state index in [4.69, 9.17) is 0 Å². The molecule has 1 saturated heterocycles. The molecule has 0 radical (unpaired) electrons. The second-order valence-electron chi connectivity index (χ2n) is 5.36. The molecule has 0 aliphatic carbocycles. The van der Waals surface area contributed by atoms with Gasteiger partial charge in [-0.3, -0.25) is 4.99 Å².